The highest BCUT2D eigenvalue weighted by molar-refractivity contribution is 7.90. The van der Waals surface area contributed by atoms with Crippen LogP contribution in [-0.2, 0) is 23.0 Å². The first-order chi connectivity index (χ1) is 18.2. The van der Waals surface area contributed by atoms with Gasteiger partial charge in [0.2, 0.25) is 0 Å². The highest BCUT2D eigenvalue weighted by Gasteiger charge is 2.08. The van der Waals surface area contributed by atoms with Crippen LogP contribution < -0.4 is 15.4 Å². The Balaban J connectivity index is 1.38. The summed E-state index contributed by atoms with van der Waals surface area (Å²) in [6.45, 7) is 0.906. The summed E-state index contributed by atoms with van der Waals surface area (Å²) in [6, 6.07) is 14.9. The maximum absolute atomic E-state index is 13.4. The predicted molar refractivity (Wildman–Crippen MR) is 144 cm³/mol. The number of aromatic nitrogens is 2. The average Bonchev–Trinajstić information content (AvgIpc) is 3.33. The van der Waals surface area contributed by atoms with Gasteiger partial charge in [0.15, 0.2) is 5.76 Å². The van der Waals surface area contributed by atoms with Crippen LogP contribution in [0.4, 0.5) is 15.9 Å². The predicted octanol–water partition coefficient (Wildman–Crippen LogP) is 4.72. The fourth-order valence-electron chi connectivity index (χ4n) is 3.28. The number of benzene rings is 2. The molecule has 0 amide bonds. The van der Waals surface area contributed by atoms with Gasteiger partial charge in [-0.2, -0.15) is 0 Å². The van der Waals surface area contributed by atoms with Gasteiger partial charge in [-0.15, -0.1) is 0 Å². The molecule has 4 rings (SSSR count). The van der Waals surface area contributed by atoms with E-state index in [2.05, 4.69) is 32.4 Å². The molecule has 0 aliphatic heterocycles. The van der Waals surface area contributed by atoms with Crippen LogP contribution in [0.15, 0.2) is 71.5 Å². The second kappa shape index (κ2) is 12.6. The van der Waals surface area contributed by atoms with Crippen LogP contribution in [0.5, 0.6) is 5.75 Å². The van der Waals surface area contributed by atoms with Crippen molar-refractivity contribution in [3.63, 3.8) is 0 Å². The van der Waals surface area contributed by atoms with Gasteiger partial charge in [-0.1, -0.05) is 29.7 Å². The van der Waals surface area contributed by atoms with E-state index in [0.29, 0.717) is 58.0 Å². The molecule has 196 valence electrons. The van der Waals surface area contributed by atoms with E-state index in [-0.39, 0.29) is 18.2 Å². The molecule has 0 spiro atoms. The molecular formula is C27H24ClFN4O4S. The monoisotopic (exact) mass is 554 g/mol. The van der Waals surface area contributed by atoms with Gasteiger partial charge in [0, 0.05) is 24.7 Å². The number of sulfone groups is 1. The Morgan fingerprint density at radius 3 is 2.79 bits per heavy atom. The number of hydrogen-bond acceptors (Lipinski definition) is 8. The first-order valence-electron chi connectivity index (χ1n) is 11.5. The Morgan fingerprint density at radius 1 is 1.13 bits per heavy atom. The summed E-state index contributed by atoms with van der Waals surface area (Å²) in [5.41, 5.74) is 1.90. The number of hydrogen-bond donors (Lipinski definition) is 2. The molecule has 0 bridgehead atoms. The van der Waals surface area contributed by atoms with E-state index in [1.165, 1.54) is 24.7 Å². The Bertz CT molecular complexity index is 1580. The molecule has 0 atom stereocenters. The standard InChI is InChI=1S/C27H24ClFN4O4S/c1-38(34,35)12-11-30-16-24-9-8-23(37-24)7-5-20-15-31-18-32-27(20)33-22-6-10-26(25(28)14-22)36-17-19-3-2-4-21(29)13-19/h2-4,6,8-10,13-15,18,30H,11-12,16-17H2,1H3,(H,31,32,33). The number of ether oxygens (including phenoxy) is 1. The van der Waals surface area contributed by atoms with Crippen molar-refractivity contribution >= 4 is 32.9 Å². The lowest BCUT2D eigenvalue weighted by Crippen LogP contribution is -2.21. The fourth-order valence-corrected chi connectivity index (χ4v) is 4.03. The molecule has 4 aromatic rings. The van der Waals surface area contributed by atoms with E-state index >= 15 is 0 Å². The number of furan rings is 1. The first kappa shape index (κ1) is 27.1. The first-order valence-corrected chi connectivity index (χ1v) is 13.9. The van der Waals surface area contributed by atoms with Crippen LogP contribution in [0.1, 0.15) is 22.6 Å². The smallest absolute Gasteiger partial charge is 0.177 e. The number of nitrogens with zero attached hydrogens (tertiary/aromatic N) is 2. The molecule has 0 saturated heterocycles. The molecular weight excluding hydrogens is 531 g/mol. The molecule has 0 aliphatic rings. The van der Waals surface area contributed by atoms with E-state index in [4.69, 9.17) is 20.8 Å². The molecule has 2 aromatic carbocycles. The third kappa shape index (κ3) is 8.31. The van der Waals surface area contributed by atoms with E-state index in [1.807, 2.05) is 0 Å². The quantitative estimate of drug-likeness (QED) is 0.214. The van der Waals surface area contributed by atoms with Crippen molar-refractivity contribution in [1.29, 1.82) is 0 Å². The van der Waals surface area contributed by atoms with Crippen molar-refractivity contribution in [3.8, 4) is 17.6 Å². The van der Waals surface area contributed by atoms with Crippen LogP contribution in [0.2, 0.25) is 5.02 Å². The maximum atomic E-state index is 13.4. The van der Waals surface area contributed by atoms with Gasteiger partial charge in [0.1, 0.15) is 45.9 Å². The van der Waals surface area contributed by atoms with Crippen LogP contribution >= 0.6 is 11.6 Å². The van der Waals surface area contributed by atoms with Gasteiger partial charge in [-0.25, -0.2) is 22.8 Å². The number of anilines is 2. The van der Waals surface area contributed by atoms with Crippen LogP contribution in [0.3, 0.4) is 0 Å². The Hall–Kier alpha value is -3.91. The molecule has 8 nitrogen and oxygen atoms in total. The third-order valence-electron chi connectivity index (χ3n) is 5.12. The summed E-state index contributed by atoms with van der Waals surface area (Å²) in [5.74, 6) is 7.70. The highest BCUT2D eigenvalue weighted by atomic mass is 35.5. The Morgan fingerprint density at radius 2 is 2.00 bits per heavy atom. The SMILES string of the molecule is CS(=O)(=O)CCNCc1ccc(C#Cc2cncnc2Nc2ccc(OCc3cccc(F)c3)c(Cl)c2)o1. The lowest BCUT2D eigenvalue weighted by molar-refractivity contribution is 0.306. The van der Waals surface area contributed by atoms with E-state index in [1.54, 1.807) is 48.7 Å². The zero-order valence-electron chi connectivity index (χ0n) is 20.4. The fraction of sp³-hybridized carbons (Fsp3) is 0.185. The van der Waals surface area contributed by atoms with E-state index in [9.17, 15) is 12.8 Å². The summed E-state index contributed by atoms with van der Waals surface area (Å²) in [7, 11) is -3.02. The molecule has 11 heteroatoms. The number of rotatable bonds is 10. The summed E-state index contributed by atoms with van der Waals surface area (Å²) in [6.07, 6.45) is 4.18. The number of halogens is 2. The second-order valence-electron chi connectivity index (χ2n) is 8.30. The molecule has 0 fully saturated rings. The van der Waals surface area contributed by atoms with Gasteiger partial charge >= 0.3 is 0 Å². The molecule has 2 heterocycles. The van der Waals surface area contributed by atoms with Gasteiger partial charge in [0.05, 0.1) is 22.9 Å². The lowest BCUT2D eigenvalue weighted by atomic mass is 10.2. The van der Waals surface area contributed by atoms with Crippen LogP contribution in [0.25, 0.3) is 0 Å². The van der Waals surface area contributed by atoms with Crippen molar-refractivity contribution in [2.24, 2.45) is 0 Å². The van der Waals surface area contributed by atoms with Crippen molar-refractivity contribution in [2.45, 2.75) is 13.2 Å². The van der Waals surface area contributed by atoms with Crippen LogP contribution in [-0.4, -0.2) is 36.9 Å². The number of nitrogens with one attached hydrogen (secondary N) is 2. The second-order valence-corrected chi connectivity index (χ2v) is 11.0. The Kier molecular flexibility index (Phi) is 8.97. The molecule has 38 heavy (non-hydrogen) atoms. The normalized spacial score (nSPS) is 11.0. The molecule has 0 saturated carbocycles. The minimum absolute atomic E-state index is 0.0556. The highest BCUT2D eigenvalue weighted by Crippen LogP contribution is 2.30. The minimum Gasteiger partial charge on any atom is -0.487 e. The van der Waals surface area contributed by atoms with Gasteiger partial charge < -0.3 is 19.8 Å². The average molecular weight is 555 g/mol. The van der Waals surface area contributed by atoms with E-state index in [0.717, 1.165) is 0 Å². The van der Waals surface area contributed by atoms with Crippen molar-refractivity contribution < 1.29 is 22.0 Å². The van der Waals surface area contributed by atoms with Crippen molar-refractivity contribution in [2.75, 3.05) is 23.9 Å². The molecule has 2 N–H and O–H groups in total. The van der Waals surface area contributed by atoms with Crippen molar-refractivity contribution in [3.05, 3.63) is 101 Å². The summed E-state index contributed by atoms with van der Waals surface area (Å²) < 4.78 is 47.2. The maximum Gasteiger partial charge on any atom is 0.177 e. The molecule has 0 radical (unpaired) electrons. The Labute approximate surface area is 225 Å². The largest absolute Gasteiger partial charge is 0.487 e. The summed E-state index contributed by atoms with van der Waals surface area (Å²) in [4.78, 5) is 8.32. The lowest BCUT2D eigenvalue weighted by Gasteiger charge is -2.11. The van der Waals surface area contributed by atoms with Crippen molar-refractivity contribution in [1.82, 2.24) is 15.3 Å². The minimum atomic E-state index is -3.02. The summed E-state index contributed by atoms with van der Waals surface area (Å²) in [5, 5.41) is 6.58. The zero-order valence-corrected chi connectivity index (χ0v) is 21.9. The van der Waals surface area contributed by atoms with Gasteiger partial charge in [-0.3, -0.25) is 0 Å². The zero-order chi connectivity index (χ0) is 27.0. The van der Waals surface area contributed by atoms with Crippen LogP contribution in [0, 0.1) is 17.7 Å². The van der Waals surface area contributed by atoms with E-state index < -0.39 is 9.84 Å². The topological polar surface area (TPSA) is 106 Å². The third-order valence-corrected chi connectivity index (χ3v) is 6.36. The molecule has 0 aliphatic carbocycles. The molecule has 2 aromatic heterocycles. The van der Waals surface area contributed by atoms with Gasteiger partial charge in [0.25, 0.3) is 0 Å². The summed E-state index contributed by atoms with van der Waals surface area (Å²) >= 11 is 6.40. The van der Waals surface area contributed by atoms with Gasteiger partial charge in [-0.05, 0) is 53.9 Å². The molecule has 0 unspecified atom stereocenters.